The van der Waals surface area contributed by atoms with Crippen molar-refractivity contribution in [3.05, 3.63) is 42.5 Å². The van der Waals surface area contributed by atoms with Crippen LogP contribution in [-0.4, -0.2) is 53.9 Å². The predicted molar refractivity (Wildman–Crippen MR) is 93.8 cm³/mol. The van der Waals surface area contributed by atoms with Gasteiger partial charge in [0.15, 0.2) is 0 Å². The van der Waals surface area contributed by atoms with Gasteiger partial charge >= 0.3 is 0 Å². The molecule has 0 spiro atoms. The molecule has 22 heavy (non-hydrogen) atoms. The highest BCUT2D eigenvalue weighted by atomic mass is 32.2. The van der Waals surface area contributed by atoms with Gasteiger partial charge in [-0.2, -0.15) is 11.8 Å². The van der Waals surface area contributed by atoms with E-state index in [0.717, 1.165) is 11.1 Å². The summed E-state index contributed by atoms with van der Waals surface area (Å²) in [6.07, 6.45) is 0.765. The fourth-order valence-electron chi connectivity index (χ4n) is 2.85. The molecule has 3 rings (SSSR count). The standard InChI is InChI=1S/C18H23NO2S/c1-19(16-8-9-22-13-16)11-17(20)12-21-18-7-6-14-4-2-3-5-15(14)10-18/h2-7,10,16-17,20H,8-9,11-13H2,1H3. The van der Waals surface area contributed by atoms with Gasteiger partial charge in [-0.1, -0.05) is 30.3 Å². The molecule has 3 nitrogen and oxygen atoms in total. The number of likely N-dealkylation sites (N-methyl/N-ethyl adjacent to an activating group) is 1. The lowest BCUT2D eigenvalue weighted by Gasteiger charge is -2.26. The van der Waals surface area contributed by atoms with E-state index < -0.39 is 6.10 Å². The molecule has 1 aliphatic rings. The Hall–Kier alpha value is -1.23. The summed E-state index contributed by atoms with van der Waals surface area (Å²) >= 11 is 1.99. The van der Waals surface area contributed by atoms with Gasteiger partial charge in [-0.25, -0.2) is 0 Å². The summed E-state index contributed by atoms with van der Waals surface area (Å²) < 4.78 is 5.76. The van der Waals surface area contributed by atoms with E-state index in [9.17, 15) is 5.11 Å². The Morgan fingerprint density at radius 3 is 2.86 bits per heavy atom. The van der Waals surface area contributed by atoms with E-state index in [2.05, 4.69) is 30.1 Å². The summed E-state index contributed by atoms with van der Waals surface area (Å²) in [5.41, 5.74) is 0. The molecule has 118 valence electrons. The lowest BCUT2D eigenvalue weighted by Crippen LogP contribution is -2.39. The molecule has 0 aromatic heterocycles. The normalized spacial score (nSPS) is 19.7. The summed E-state index contributed by atoms with van der Waals surface area (Å²) in [6, 6.07) is 14.9. The average molecular weight is 317 g/mol. The maximum atomic E-state index is 10.2. The number of rotatable bonds is 6. The van der Waals surface area contributed by atoms with Gasteiger partial charge in [0.25, 0.3) is 0 Å². The smallest absolute Gasteiger partial charge is 0.120 e. The molecular formula is C18H23NO2S. The number of fused-ring (bicyclic) bond motifs is 1. The van der Waals surface area contributed by atoms with Crippen molar-refractivity contribution in [3.8, 4) is 5.75 Å². The topological polar surface area (TPSA) is 32.7 Å². The summed E-state index contributed by atoms with van der Waals surface area (Å²) in [5, 5.41) is 12.5. The first kappa shape index (κ1) is 15.7. The van der Waals surface area contributed by atoms with Crippen LogP contribution in [0.15, 0.2) is 42.5 Å². The Morgan fingerprint density at radius 2 is 2.09 bits per heavy atom. The molecule has 4 heteroatoms. The summed E-state index contributed by atoms with van der Waals surface area (Å²) in [7, 11) is 2.09. The van der Waals surface area contributed by atoms with Crippen LogP contribution in [-0.2, 0) is 0 Å². The van der Waals surface area contributed by atoms with Crippen molar-refractivity contribution in [2.45, 2.75) is 18.6 Å². The molecule has 1 N–H and O–H groups in total. The third-order valence-corrected chi connectivity index (χ3v) is 5.34. The Balaban J connectivity index is 1.52. The van der Waals surface area contributed by atoms with Crippen LogP contribution in [0.5, 0.6) is 5.75 Å². The van der Waals surface area contributed by atoms with Gasteiger partial charge in [-0.3, -0.25) is 4.90 Å². The van der Waals surface area contributed by atoms with Crippen molar-refractivity contribution < 1.29 is 9.84 Å². The lowest BCUT2D eigenvalue weighted by atomic mass is 10.1. The molecule has 1 aliphatic heterocycles. The second-order valence-electron chi connectivity index (χ2n) is 5.93. The zero-order valence-corrected chi connectivity index (χ0v) is 13.8. The van der Waals surface area contributed by atoms with Crippen LogP contribution in [0.1, 0.15) is 6.42 Å². The third-order valence-electron chi connectivity index (χ3n) is 4.19. The summed E-state index contributed by atoms with van der Waals surface area (Å²) in [4.78, 5) is 2.26. The van der Waals surface area contributed by atoms with Crippen LogP contribution in [0.3, 0.4) is 0 Å². The van der Waals surface area contributed by atoms with E-state index in [1.54, 1.807) is 0 Å². The summed E-state index contributed by atoms with van der Waals surface area (Å²) in [6.45, 7) is 1.00. The van der Waals surface area contributed by atoms with Crippen molar-refractivity contribution in [2.75, 3.05) is 31.7 Å². The molecule has 0 radical (unpaired) electrons. The van der Waals surface area contributed by atoms with E-state index in [1.807, 2.05) is 36.0 Å². The van der Waals surface area contributed by atoms with Gasteiger partial charge < -0.3 is 9.84 Å². The number of aliphatic hydroxyl groups is 1. The van der Waals surface area contributed by atoms with Gasteiger partial charge in [0.1, 0.15) is 18.5 Å². The number of thioether (sulfide) groups is 1. The fraction of sp³-hybridized carbons (Fsp3) is 0.444. The molecule has 2 aromatic carbocycles. The quantitative estimate of drug-likeness (QED) is 0.888. The minimum Gasteiger partial charge on any atom is -0.491 e. The van der Waals surface area contributed by atoms with Crippen molar-refractivity contribution in [3.63, 3.8) is 0 Å². The molecule has 2 aromatic rings. The fourth-order valence-corrected chi connectivity index (χ4v) is 4.15. The average Bonchev–Trinajstić information content (AvgIpc) is 3.07. The molecule has 2 unspecified atom stereocenters. The molecule has 0 aliphatic carbocycles. The van der Waals surface area contributed by atoms with Crippen molar-refractivity contribution >= 4 is 22.5 Å². The SMILES string of the molecule is CN(CC(O)COc1ccc2ccccc2c1)C1CCSC1. The van der Waals surface area contributed by atoms with E-state index >= 15 is 0 Å². The molecular weight excluding hydrogens is 294 g/mol. The number of ether oxygens (including phenoxy) is 1. The van der Waals surface area contributed by atoms with Gasteiger partial charge in [0.2, 0.25) is 0 Å². The predicted octanol–water partition coefficient (Wildman–Crippen LogP) is 3.02. The maximum Gasteiger partial charge on any atom is 0.120 e. The van der Waals surface area contributed by atoms with Crippen LogP contribution in [0.2, 0.25) is 0 Å². The van der Waals surface area contributed by atoms with Crippen molar-refractivity contribution in [1.29, 1.82) is 0 Å². The second kappa shape index (κ2) is 7.36. The minimum atomic E-state index is -0.456. The number of hydrogen-bond donors (Lipinski definition) is 1. The van der Waals surface area contributed by atoms with Crippen LogP contribution in [0.4, 0.5) is 0 Å². The number of hydrogen-bond acceptors (Lipinski definition) is 4. The Labute approximate surface area is 136 Å². The molecule has 2 atom stereocenters. The van der Waals surface area contributed by atoms with Crippen LogP contribution in [0, 0.1) is 0 Å². The number of benzene rings is 2. The van der Waals surface area contributed by atoms with E-state index in [0.29, 0.717) is 19.2 Å². The largest absolute Gasteiger partial charge is 0.491 e. The monoisotopic (exact) mass is 317 g/mol. The van der Waals surface area contributed by atoms with Crippen molar-refractivity contribution in [1.82, 2.24) is 4.90 Å². The zero-order chi connectivity index (χ0) is 15.4. The maximum absolute atomic E-state index is 10.2. The van der Waals surface area contributed by atoms with Crippen LogP contribution < -0.4 is 4.74 Å². The second-order valence-corrected chi connectivity index (χ2v) is 7.08. The lowest BCUT2D eigenvalue weighted by molar-refractivity contribution is 0.0665. The Morgan fingerprint density at radius 1 is 1.27 bits per heavy atom. The molecule has 1 saturated heterocycles. The molecule has 1 fully saturated rings. The van der Waals surface area contributed by atoms with Crippen LogP contribution >= 0.6 is 11.8 Å². The molecule has 1 heterocycles. The summed E-state index contributed by atoms with van der Waals surface area (Å²) in [5.74, 6) is 3.23. The first-order valence-electron chi connectivity index (χ1n) is 7.80. The van der Waals surface area contributed by atoms with E-state index in [-0.39, 0.29) is 0 Å². The van der Waals surface area contributed by atoms with Crippen LogP contribution in [0.25, 0.3) is 10.8 Å². The minimum absolute atomic E-state index is 0.336. The first-order valence-corrected chi connectivity index (χ1v) is 8.95. The highest BCUT2D eigenvalue weighted by Gasteiger charge is 2.21. The Kier molecular flexibility index (Phi) is 5.24. The number of aliphatic hydroxyl groups excluding tert-OH is 1. The third kappa shape index (κ3) is 3.94. The van der Waals surface area contributed by atoms with E-state index in [1.165, 1.54) is 23.3 Å². The Bertz CT molecular complexity index is 613. The molecule has 0 bridgehead atoms. The molecule has 0 saturated carbocycles. The zero-order valence-electron chi connectivity index (χ0n) is 12.9. The number of nitrogens with zero attached hydrogens (tertiary/aromatic N) is 1. The van der Waals surface area contributed by atoms with Crippen molar-refractivity contribution in [2.24, 2.45) is 0 Å². The highest BCUT2D eigenvalue weighted by Crippen LogP contribution is 2.22. The van der Waals surface area contributed by atoms with Gasteiger partial charge in [0, 0.05) is 18.3 Å². The molecule has 0 amide bonds. The van der Waals surface area contributed by atoms with Gasteiger partial charge in [0.05, 0.1) is 0 Å². The first-order chi connectivity index (χ1) is 10.7. The van der Waals surface area contributed by atoms with E-state index in [4.69, 9.17) is 4.74 Å². The van der Waals surface area contributed by atoms with Gasteiger partial charge in [-0.05, 0) is 42.1 Å². The van der Waals surface area contributed by atoms with Gasteiger partial charge in [-0.15, -0.1) is 0 Å². The highest BCUT2D eigenvalue weighted by molar-refractivity contribution is 7.99.